The summed E-state index contributed by atoms with van der Waals surface area (Å²) in [6, 6.07) is 1.54. The van der Waals surface area contributed by atoms with E-state index in [2.05, 4.69) is 0 Å². The first-order valence-corrected chi connectivity index (χ1v) is 14.9. The highest BCUT2D eigenvalue weighted by Crippen LogP contribution is 2.71. The van der Waals surface area contributed by atoms with E-state index in [1.54, 1.807) is 25.9 Å². The molecule has 0 aromatic heterocycles. The highest BCUT2D eigenvalue weighted by molar-refractivity contribution is 9.10. The van der Waals surface area contributed by atoms with Gasteiger partial charge in [0.15, 0.2) is 28.6 Å². The zero-order chi connectivity index (χ0) is 27.2. The molecule has 0 aliphatic carbocycles. The fraction of sp³-hybridized carbons (Fsp3) is 0.545. The first-order chi connectivity index (χ1) is 17.3. The van der Waals surface area contributed by atoms with Crippen molar-refractivity contribution in [3.8, 4) is 11.5 Å². The van der Waals surface area contributed by atoms with E-state index in [0.29, 0.717) is 11.3 Å². The highest BCUT2D eigenvalue weighted by atomic mass is 35.5. The van der Waals surface area contributed by atoms with E-state index in [0.717, 1.165) is 10.8 Å². The molecule has 0 saturated carbocycles. The van der Waals surface area contributed by atoms with Crippen molar-refractivity contribution in [1.29, 1.82) is 0 Å². The molecule has 6 rings (SSSR count). The third-order valence-corrected chi connectivity index (χ3v) is 12.7. The Kier molecular flexibility index (Phi) is 6.02. The highest BCUT2D eigenvalue weighted by Gasteiger charge is 2.84. The number of hydrogen-bond acceptors (Lipinski definition) is 12. The van der Waals surface area contributed by atoms with Gasteiger partial charge in [0.2, 0.25) is 10.5 Å². The largest absolute Gasteiger partial charge is 0.491 e. The van der Waals surface area contributed by atoms with Gasteiger partial charge in [0.05, 0.1) is 24.9 Å². The van der Waals surface area contributed by atoms with E-state index in [1.807, 2.05) is 0 Å². The first kappa shape index (κ1) is 26.4. The lowest BCUT2D eigenvalue weighted by Gasteiger charge is -2.50. The maximum atomic E-state index is 14.3. The molecule has 4 fully saturated rings. The normalized spacial score (nSPS) is 33.6. The Labute approximate surface area is 229 Å². The number of esters is 2. The maximum absolute atomic E-state index is 14.3. The molecule has 2 bridgehead atoms. The minimum absolute atomic E-state index is 0.142. The third-order valence-electron chi connectivity index (χ3n) is 7.26. The van der Waals surface area contributed by atoms with Crippen LogP contribution in [0.15, 0.2) is 6.07 Å². The molecule has 1 aromatic rings. The van der Waals surface area contributed by atoms with Crippen molar-refractivity contribution < 1.29 is 38.1 Å². The van der Waals surface area contributed by atoms with Crippen LogP contribution < -0.4 is 14.4 Å². The van der Waals surface area contributed by atoms with Crippen LogP contribution in [0.25, 0.3) is 0 Å². The molecule has 15 heteroatoms. The smallest absolute Gasteiger partial charge is 0.303 e. The third kappa shape index (κ3) is 3.01. The molecule has 0 N–H and O–H groups in total. The number of anilines is 1. The van der Waals surface area contributed by atoms with Crippen LogP contribution in [-0.2, 0) is 34.3 Å². The molecule has 5 aliphatic heterocycles. The molecule has 2 amide bonds. The van der Waals surface area contributed by atoms with Crippen LogP contribution in [-0.4, -0.2) is 83.9 Å². The van der Waals surface area contributed by atoms with Crippen molar-refractivity contribution in [3.05, 3.63) is 16.7 Å². The summed E-state index contributed by atoms with van der Waals surface area (Å²) < 4.78 is 23.2. The number of methoxy groups -OCH3 is 2. The van der Waals surface area contributed by atoms with Gasteiger partial charge in [0.25, 0.3) is 11.8 Å². The summed E-state index contributed by atoms with van der Waals surface area (Å²) in [4.78, 5) is 55.2. The number of likely N-dealkylation sites (N-methyl/N-ethyl adjacent to an activating group) is 2. The van der Waals surface area contributed by atoms with E-state index in [-0.39, 0.29) is 16.5 Å². The van der Waals surface area contributed by atoms with Crippen molar-refractivity contribution >= 4 is 72.5 Å². The van der Waals surface area contributed by atoms with Crippen molar-refractivity contribution in [2.75, 3.05) is 33.2 Å². The van der Waals surface area contributed by atoms with Crippen LogP contribution >= 0.6 is 43.0 Å². The average molecular weight is 590 g/mol. The number of piperazine rings is 1. The van der Waals surface area contributed by atoms with Gasteiger partial charge < -0.3 is 28.7 Å². The van der Waals surface area contributed by atoms with E-state index >= 15 is 0 Å². The van der Waals surface area contributed by atoms with Crippen LogP contribution in [0.3, 0.4) is 0 Å². The molecule has 4 saturated heterocycles. The van der Waals surface area contributed by atoms with Gasteiger partial charge in [-0.3, -0.25) is 24.1 Å². The van der Waals surface area contributed by atoms with Crippen LogP contribution in [0, 0.1) is 0 Å². The Balaban J connectivity index is 1.92. The first-order valence-electron chi connectivity index (χ1n) is 11.0. The van der Waals surface area contributed by atoms with Crippen molar-refractivity contribution in [2.45, 2.75) is 48.4 Å². The molecule has 1 aromatic carbocycles. The van der Waals surface area contributed by atoms with Gasteiger partial charge in [-0.25, -0.2) is 0 Å². The number of rotatable bonds is 4. The molecule has 37 heavy (non-hydrogen) atoms. The van der Waals surface area contributed by atoms with Gasteiger partial charge in [-0.2, -0.15) is 0 Å². The average Bonchev–Trinajstić information content (AvgIpc) is 3.10. The van der Waals surface area contributed by atoms with Crippen LogP contribution in [0.5, 0.6) is 11.5 Å². The number of hydrogen-bond donors (Lipinski definition) is 0. The monoisotopic (exact) mass is 589 g/mol. The van der Waals surface area contributed by atoms with E-state index in [4.69, 9.17) is 30.5 Å². The van der Waals surface area contributed by atoms with E-state index < -0.39 is 51.4 Å². The summed E-state index contributed by atoms with van der Waals surface area (Å²) in [6.07, 6.45) is -2.51. The van der Waals surface area contributed by atoms with Gasteiger partial charge in [-0.1, -0.05) is 11.6 Å². The summed E-state index contributed by atoms with van der Waals surface area (Å²) in [5, 5.41) is 0.142. The minimum atomic E-state index is -1.82. The molecule has 5 atom stereocenters. The van der Waals surface area contributed by atoms with Gasteiger partial charge in [-0.15, -0.1) is 0 Å². The quantitative estimate of drug-likeness (QED) is 0.380. The molecular formula is C22H24ClN3O8S3. The topological polar surface area (TPSA) is 115 Å². The number of carbonyl (C=O) groups excluding carboxylic acids is 4. The predicted molar refractivity (Wildman–Crippen MR) is 139 cm³/mol. The minimum Gasteiger partial charge on any atom is -0.491 e. The second-order valence-electron chi connectivity index (χ2n) is 9.14. The molecule has 200 valence electrons. The number of halogens is 1. The van der Waals surface area contributed by atoms with Crippen molar-refractivity contribution in [2.24, 2.45) is 0 Å². The lowest BCUT2D eigenvalue weighted by molar-refractivity contribution is -0.185. The lowest BCUT2D eigenvalue weighted by Crippen LogP contribution is -2.74. The molecule has 0 radical (unpaired) electrons. The summed E-state index contributed by atoms with van der Waals surface area (Å²) in [7, 11) is 9.66. The fourth-order valence-electron chi connectivity index (χ4n) is 5.77. The predicted octanol–water partition coefficient (Wildman–Crippen LogP) is 2.59. The van der Waals surface area contributed by atoms with Gasteiger partial charge in [0, 0.05) is 33.5 Å². The standard InChI is InChI=1S/C22H24ClN3O8S3/c1-9(27)33-16-21(34-10(2)28)11-8-12(23)14(31-6)15(32-7)13(11)24(4)17(21)26-18(29)20(3)25(5)19(30)22(16,26)36-37-35-20/h8,16-17H,1-7H3/t16-,17-,20+,21+,22-/m1/s1. The Hall–Kier alpha value is -2.16. The molecule has 5 aliphatic rings. The van der Waals surface area contributed by atoms with Gasteiger partial charge >= 0.3 is 11.9 Å². The van der Waals surface area contributed by atoms with Crippen LogP contribution in [0.4, 0.5) is 5.69 Å². The molecule has 5 heterocycles. The number of amides is 2. The Bertz CT molecular complexity index is 1270. The Morgan fingerprint density at radius 1 is 1.03 bits per heavy atom. The summed E-state index contributed by atoms with van der Waals surface area (Å²) in [5.74, 6) is -1.80. The summed E-state index contributed by atoms with van der Waals surface area (Å²) >= 11 is 6.60. The van der Waals surface area contributed by atoms with E-state index in [1.165, 1.54) is 64.6 Å². The second-order valence-corrected chi connectivity index (χ2v) is 14.1. The summed E-state index contributed by atoms with van der Waals surface area (Å²) in [5.41, 5.74) is -1.08. The lowest BCUT2D eigenvalue weighted by atomic mass is 9.86. The zero-order valence-electron chi connectivity index (χ0n) is 20.9. The number of benzene rings is 1. The van der Waals surface area contributed by atoms with Gasteiger partial charge in [0.1, 0.15) is 0 Å². The van der Waals surface area contributed by atoms with Crippen molar-refractivity contribution in [1.82, 2.24) is 9.80 Å². The SMILES string of the molecule is COc1c(Cl)cc2c(c1OC)N(C)[C@@H]1N3C(=O)[C@]4(C)SSS[C@@]3(C(=O)N4C)[C@H](OC(C)=O)[C@@]21OC(C)=O. The van der Waals surface area contributed by atoms with Crippen LogP contribution in [0.2, 0.25) is 5.02 Å². The Morgan fingerprint density at radius 2 is 1.68 bits per heavy atom. The molecule has 11 nitrogen and oxygen atoms in total. The molecule has 0 unspecified atom stereocenters. The molecule has 1 spiro atoms. The zero-order valence-corrected chi connectivity index (χ0v) is 24.1. The Morgan fingerprint density at radius 3 is 2.24 bits per heavy atom. The second kappa shape index (κ2) is 8.42. The number of nitrogens with zero attached hydrogens (tertiary/aromatic N) is 3. The number of ether oxygens (including phenoxy) is 4. The summed E-state index contributed by atoms with van der Waals surface area (Å²) in [6.45, 7) is 4.07. The van der Waals surface area contributed by atoms with E-state index in [9.17, 15) is 19.2 Å². The van der Waals surface area contributed by atoms with Crippen molar-refractivity contribution in [3.63, 3.8) is 0 Å². The van der Waals surface area contributed by atoms with Gasteiger partial charge in [-0.05, 0) is 44.4 Å². The molecular weight excluding hydrogens is 566 g/mol. The maximum Gasteiger partial charge on any atom is 0.303 e. The van der Waals surface area contributed by atoms with Crippen LogP contribution in [0.1, 0.15) is 26.3 Å². The number of fused-ring (bicyclic) bond motifs is 6. The number of carbonyl (C=O) groups is 4. The fourth-order valence-corrected chi connectivity index (χ4v) is 12.0.